The van der Waals surface area contributed by atoms with Crippen molar-refractivity contribution in [1.82, 2.24) is 0 Å². The van der Waals surface area contributed by atoms with Gasteiger partial charge in [-0.3, -0.25) is 0 Å². The molecule has 0 aliphatic rings. The highest BCUT2D eigenvalue weighted by Crippen LogP contribution is 2.19. The number of benzene rings is 1. The van der Waals surface area contributed by atoms with Crippen LogP contribution in [0.1, 0.15) is 24.5 Å². The van der Waals surface area contributed by atoms with Crippen LogP contribution in [-0.2, 0) is 0 Å². The van der Waals surface area contributed by atoms with E-state index in [1.54, 1.807) is 6.92 Å². The molecule has 0 bridgehead atoms. The third kappa shape index (κ3) is 3.38. The highest BCUT2D eigenvalue weighted by atomic mass is 16.5. The number of ether oxygens (including phenoxy) is 1. The van der Waals surface area contributed by atoms with Gasteiger partial charge in [-0.05, 0) is 38.0 Å². The van der Waals surface area contributed by atoms with E-state index in [0.717, 1.165) is 11.3 Å². The molecule has 1 aromatic rings. The maximum Gasteiger partial charge on any atom is 0.122 e. The Balaban J connectivity index is 2.53. The topological polar surface area (TPSA) is 29.5 Å². The number of aliphatic hydroxyl groups excluding tert-OH is 1. The fraction of sp³-hybridized carbons (Fsp3) is 0.500. The van der Waals surface area contributed by atoms with Gasteiger partial charge >= 0.3 is 0 Å². The average molecular weight is 194 g/mol. The smallest absolute Gasteiger partial charge is 0.122 e. The molecule has 0 saturated carbocycles. The monoisotopic (exact) mass is 194 g/mol. The first-order valence-corrected chi connectivity index (χ1v) is 4.97. The van der Waals surface area contributed by atoms with Gasteiger partial charge in [-0.25, -0.2) is 0 Å². The summed E-state index contributed by atoms with van der Waals surface area (Å²) in [7, 11) is 0. The minimum absolute atomic E-state index is 0.292. The Hall–Kier alpha value is -1.02. The number of hydrogen-bond acceptors (Lipinski definition) is 2. The summed E-state index contributed by atoms with van der Waals surface area (Å²) in [6, 6.07) is 6.14. The van der Waals surface area contributed by atoms with Crippen molar-refractivity contribution in [2.75, 3.05) is 6.61 Å². The summed E-state index contributed by atoms with van der Waals surface area (Å²) in [4.78, 5) is 0. The number of aliphatic hydroxyl groups is 1. The predicted molar refractivity (Wildman–Crippen MR) is 57.7 cm³/mol. The van der Waals surface area contributed by atoms with Crippen molar-refractivity contribution in [2.45, 2.75) is 33.3 Å². The van der Waals surface area contributed by atoms with Crippen LogP contribution < -0.4 is 4.74 Å². The quantitative estimate of drug-likeness (QED) is 0.797. The fourth-order valence-electron chi connectivity index (χ4n) is 1.20. The summed E-state index contributed by atoms with van der Waals surface area (Å²) in [5.41, 5.74) is 2.34. The van der Waals surface area contributed by atoms with Crippen LogP contribution in [0.15, 0.2) is 18.2 Å². The summed E-state index contributed by atoms with van der Waals surface area (Å²) in [5.74, 6) is 0.922. The molecule has 0 fully saturated rings. The second-order valence-corrected chi connectivity index (χ2v) is 3.76. The van der Waals surface area contributed by atoms with Gasteiger partial charge in [0.2, 0.25) is 0 Å². The van der Waals surface area contributed by atoms with Crippen molar-refractivity contribution in [3.05, 3.63) is 29.3 Å². The van der Waals surface area contributed by atoms with Gasteiger partial charge in [0, 0.05) is 6.42 Å². The molecule has 0 heterocycles. The second-order valence-electron chi connectivity index (χ2n) is 3.76. The highest BCUT2D eigenvalue weighted by Gasteiger charge is 2.01. The van der Waals surface area contributed by atoms with Gasteiger partial charge in [-0.2, -0.15) is 0 Å². The molecule has 1 aromatic carbocycles. The van der Waals surface area contributed by atoms with Crippen molar-refractivity contribution in [2.24, 2.45) is 0 Å². The Morgan fingerprint density at radius 1 is 1.36 bits per heavy atom. The Kier molecular flexibility index (Phi) is 3.96. The molecule has 0 aliphatic carbocycles. The maximum atomic E-state index is 9.07. The highest BCUT2D eigenvalue weighted by molar-refractivity contribution is 5.35. The average Bonchev–Trinajstić information content (AvgIpc) is 2.10. The molecular weight excluding hydrogens is 176 g/mol. The first-order valence-electron chi connectivity index (χ1n) is 4.97. The molecule has 0 spiro atoms. The maximum absolute atomic E-state index is 9.07. The first kappa shape index (κ1) is 11.1. The normalized spacial score (nSPS) is 12.6. The second kappa shape index (κ2) is 5.01. The van der Waals surface area contributed by atoms with E-state index >= 15 is 0 Å². The van der Waals surface area contributed by atoms with Gasteiger partial charge < -0.3 is 9.84 Å². The van der Waals surface area contributed by atoms with E-state index in [1.165, 1.54) is 5.56 Å². The van der Waals surface area contributed by atoms with Crippen LogP contribution in [0, 0.1) is 13.8 Å². The van der Waals surface area contributed by atoms with E-state index in [1.807, 2.05) is 26.0 Å². The Morgan fingerprint density at radius 3 is 2.71 bits per heavy atom. The minimum Gasteiger partial charge on any atom is -0.493 e. The van der Waals surface area contributed by atoms with Gasteiger partial charge in [0.05, 0.1) is 12.7 Å². The lowest BCUT2D eigenvalue weighted by molar-refractivity contribution is 0.155. The third-order valence-corrected chi connectivity index (χ3v) is 2.14. The molecule has 1 unspecified atom stereocenters. The SMILES string of the molecule is Cc1ccc(C)c(OCCC(C)O)c1. The summed E-state index contributed by atoms with van der Waals surface area (Å²) < 4.78 is 5.57. The molecule has 2 heteroatoms. The fourth-order valence-corrected chi connectivity index (χ4v) is 1.20. The Morgan fingerprint density at radius 2 is 2.07 bits per heavy atom. The molecule has 0 radical (unpaired) electrons. The van der Waals surface area contributed by atoms with Gasteiger partial charge in [0.1, 0.15) is 5.75 Å². The van der Waals surface area contributed by atoms with Crippen LogP contribution in [0.5, 0.6) is 5.75 Å². The zero-order valence-corrected chi connectivity index (χ0v) is 9.08. The van der Waals surface area contributed by atoms with Crippen molar-refractivity contribution in [1.29, 1.82) is 0 Å². The number of rotatable bonds is 4. The van der Waals surface area contributed by atoms with Crippen molar-refractivity contribution < 1.29 is 9.84 Å². The lowest BCUT2D eigenvalue weighted by Gasteiger charge is -2.10. The van der Waals surface area contributed by atoms with Gasteiger partial charge in [-0.1, -0.05) is 12.1 Å². The molecule has 14 heavy (non-hydrogen) atoms. The summed E-state index contributed by atoms with van der Waals surface area (Å²) in [5, 5.41) is 9.07. The van der Waals surface area contributed by atoms with Crippen LogP contribution in [-0.4, -0.2) is 17.8 Å². The lowest BCUT2D eigenvalue weighted by atomic mass is 10.1. The summed E-state index contributed by atoms with van der Waals surface area (Å²) in [6.07, 6.45) is 0.382. The van der Waals surface area contributed by atoms with Gasteiger partial charge in [-0.15, -0.1) is 0 Å². The van der Waals surface area contributed by atoms with Crippen LogP contribution in [0.2, 0.25) is 0 Å². The zero-order chi connectivity index (χ0) is 10.6. The van der Waals surface area contributed by atoms with Gasteiger partial charge in [0.15, 0.2) is 0 Å². The molecule has 78 valence electrons. The molecule has 2 nitrogen and oxygen atoms in total. The van der Waals surface area contributed by atoms with Crippen LogP contribution in [0.4, 0.5) is 0 Å². The summed E-state index contributed by atoms with van der Waals surface area (Å²) in [6.45, 7) is 6.41. The van der Waals surface area contributed by atoms with E-state index in [2.05, 4.69) is 6.07 Å². The van der Waals surface area contributed by atoms with E-state index in [9.17, 15) is 0 Å². The third-order valence-electron chi connectivity index (χ3n) is 2.14. The Bertz CT molecular complexity index is 292. The van der Waals surface area contributed by atoms with Gasteiger partial charge in [0.25, 0.3) is 0 Å². The molecule has 0 saturated heterocycles. The molecule has 0 aliphatic heterocycles. The van der Waals surface area contributed by atoms with Crippen LogP contribution in [0.25, 0.3) is 0 Å². The van der Waals surface area contributed by atoms with Crippen molar-refractivity contribution in [3.63, 3.8) is 0 Å². The molecule has 1 N–H and O–H groups in total. The van der Waals surface area contributed by atoms with Crippen LogP contribution in [0.3, 0.4) is 0 Å². The minimum atomic E-state index is -0.292. The molecule has 1 rings (SSSR count). The van der Waals surface area contributed by atoms with Crippen molar-refractivity contribution in [3.8, 4) is 5.75 Å². The Labute approximate surface area is 85.5 Å². The first-order chi connectivity index (χ1) is 6.59. The number of aryl methyl sites for hydroxylation is 2. The van der Waals surface area contributed by atoms with E-state index < -0.39 is 0 Å². The summed E-state index contributed by atoms with van der Waals surface area (Å²) >= 11 is 0. The molecule has 0 aromatic heterocycles. The number of hydrogen-bond donors (Lipinski definition) is 1. The standard InChI is InChI=1S/C12H18O2/c1-9-4-5-10(2)12(8-9)14-7-6-11(3)13/h4-5,8,11,13H,6-7H2,1-3H3. The van der Waals surface area contributed by atoms with Crippen molar-refractivity contribution >= 4 is 0 Å². The molecule has 0 amide bonds. The van der Waals surface area contributed by atoms with E-state index in [4.69, 9.17) is 9.84 Å². The molecular formula is C12H18O2. The van der Waals surface area contributed by atoms with E-state index in [-0.39, 0.29) is 6.10 Å². The lowest BCUT2D eigenvalue weighted by Crippen LogP contribution is -2.08. The zero-order valence-electron chi connectivity index (χ0n) is 9.08. The van der Waals surface area contributed by atoms with Crippen LogP contribution >= 0.6 is 0 Å². The largest absolute Gasteiger partial charge is 0.493 e. The van der Waals surface area contributed by atoms with E-state index in [0.29, 0.717) is 13.0 Å². The predicted octanol–water partition coefficient (Wildman–Crippen LogP) is 2.45. The molecule has 1 atom stereocenters.